The number of amides is 1. The Morgan fingerprint density at radius 3 is 2.63 bits per heavy atom. The van der Waals surface area contributed by atoms with Crippen molar-refractivity contribution in [3.63, 3.8) is 0 Å². The molecule has 1 aliphatic rings. The van der Waals surface area contributed by atoms with Gasteiger partial charge in [-0.3, -0.25) is 4.79 Å². The lowest BCUT2D eigenvalue weighted by atomic mass is 10.2. The Labute approximate surface area is 125 Å². The summed E-state index contributed by atoms with van der Waals surface area (Å²) >= 11 is 1.73. The molecule has 1 aliphatic heterocycles. The molecule has 19 heavy (non-hydrogen) atoms. The zero-order valence-electron chi connectivity index (χ0n) is 11.4. The molecule has 0 aromatic heterocycles. The van der Waals surface area contributed by atoms with Crippen LogP contribution in [0.3, 0.4) is 0 Å². The lowest BCUT2D eigenvalue weighted by molar-refractivity contribution is -0.128. The standard InChI is InChI=1S/C14H20N2OS.ClH/c1-15(2)9-6-10-16-13(17)11-18-14(16)12-7-4-3-5-8-12;/h3-5,7-8,14H,6,9-11H2,1-2H3;1H. The van der Waals surface area contributed by atoms with Gasteiger partial charge in [-0.2, -0.15) is 0 Å². The molecule has 1 atom stereocenters. The Hall–Kier alpha value is -0.710. The van der Waals surface area contributed by atoms with Gasteiger partial charge in [0, 0.05) is 6.54 Å². The van der Waals surface area contributed by atoms with Gasteiger partial charge in [-0.15, -0.1) is 24.2 Å². The maximum Gasteiger partial charge on any atom is 0.233 e. The number of halogens is 1. The van der Waals surface area contributed by atoms with E-state index >= 15 is 0 Å². The number of carbonyl (C=O) groups excluding carboxylic acids is 1. The van der Waals surface area contributed by atoms with Gasteiger partial charge in [0.2, 0.25) is 5.91 Å². The van der Waals surface area contributed by atoms with Gasteiger partial charge >= 0.3 is 0 Å². The molecule has 0 saturated carbocycles. The van der Waals surface area contributed by atoms with Gasteiger partial charge in [-0.1, -0.05) is 30.3 Å². The van der Waals surface area contributed by atoms with Crippen molar-refractivity contribution in [1.82, 2.24) is 9.80 Å². The van der Waals surface area contributed by atoms with Crippen LogP contribution in [0.4, 0.5) is 0 Å². The third-order valence-electron chi connectivity index (χ3n) is 3.06. The van der Waals surface area contributed by atoms with Gasteiger partial charge in [0.15, 0.2) is 0 Å². The van der Waals surface area contributed by atoms with Crippen LogP contribution in [0.2, 0.25) is 0 Å². The fourth-order valence-corrected chi connectivity index (χ4v) is 3.37. The van der Waals surface area contributed by atoms with E-state index in [1.165, 1.54) is 5.56 Å². The lowest BCUT2D eigenvalue weighted by Crippen LogP contribution is -2.31. The zero-order valence-corrected chi connectivity index (χ0v) is 13.0. The second-order valence-corrected chi connectivity index (χ2v) is 5.89. The number of benzene rings is 1. The van der Waals surface area contributed by atoms with E-state index in [2.05, 4.69) is 31.1 Å². The van der Waals surface area contributed by atoms with Crippen molar-refractivity contribution < 1.29 is 4.79 Å². The number of carbonyl (C=O) groups is 1. The van der Waals surface area contributed by atoms with E-state index in [0.717, 1.165) is 19.5 Å². The average molecular weight is 301 g/mol. The molecule has 1 heterocycles. The van der Waals surface area contributed by atoms with Crippen LogP contribution < -0.4 is 0 Å². The predicted octanol–water partition coefficient (Wildman–Crippen LogP) is 2.63. The first-order valence-corrected chi connectivity index (χ1v) is 7.34. The molecule has 0 N–H and O–H groups in total. The second-order valence-electron chi connectivity index (χ2n) is 4.82. The molecule has 1 saturated heterocycles. The van der Waals surface area contributed by atoms with Crippen LogP contribution in [0, 0.1) is 0 Å². The van der Waals surface area contributed by atoms with Gasteiger partial charge in [0.1, 0.15) is 5.37 Å². The SMILES string of the molecule is CN(C)CCCN1C(=O)CSC1c1ccccc1.Cl. The van der Waals surface area contributed by atoms with E-state index in [1.54, 1.807) is 11.8 Å². The van der Waals surface area contributed by atoms with Crippen molar-refractivity contribution in [2.75, 3.05) is 32.9 Å². The fraction of sp³-hybridized carbons (Fsp3) is 0.500. The normalized spacial score (nSPS) is 18.8. The summed E-state index contributed by atoms with van der Waals surface area (Å²) < 4.78 is 0. The summed E-state index contributed by atoms with van der Waals surface area (Å²) in [6, 6.07) is 10.3. The van der Waals surface area contributed by atoms with Gasteiger partial charge in [-0.25, -0.2) is 0 Å². The Balaban J connectivity index is 0.00000180. The van der Waals surface area contributed by atoms with Crippen molar-refractivity contribution in [3.8, 4) is 0 Å². The second kappa shape index (κ2) is 7.78. The molecule has 1 amide bonds. The highest BCUT2D eigenvalue weighted by atomic mass is 35.5. The average Bonchev–Trinajstić information content (AvgIpc) is 2.72. The summed E-state index contributed by atoms with van der Waals surface area (Å²) in [6.45, 7) is 1.87. The van der Waals surface area contributed by atoms with Gasteiger partial charge in [-0.05, 0) is 32.6 Å². The number of rotatable bonds is 5. The zero-order chi connectivity index (χ0) is 13.0. The smallest absolute Gasteiger partial charge is 0.233 e. The topological polar surface area (TPSA) is 23.6 Å². The highest BCUT2D eigenvalue weighted by molar-refractivity contribution is 8.00. The Morgan fingerprint density at radius 2 is 2.00 bits per heavy atom. The maximum absolute atomic E-state index is 11.9. The summed E-state index contributed by atoms with van der Waals surface area (Å²) in [5.74, 6) is 0.884. The minimum Gasteiger partial charge on any atom is -0.326 e. The summed E-state index contributed by atoms with van der Waals surface area (Å²) in [7, 11) is 4.13. The molecular formula is C14H21ClN2OS. The van der Waals surface area contributed by atoms with E-state index in [0.29, 0.717) is 5.75 Å². The van der Waals surface area contributed by atoms with Crippen LogP contribution in [0.15, 0.2) is 30.3 Å². The summed E-state index contributed by atoms with van der Waals surface area (Å²) in [6.07, 6.45) is 1.03. The largest absolute Gasteiger partial charge is 0.326 e. The van der Waals surface area contributed by atoms with Crippen LogP contribution in [0.5, 0.6) is 0 Å². The van der Waals surface area contributed by atoms with Gasteiger partial charge in [0.25, 0.3) is 0 Å². The molecule has 5 heteroatoms. The number of thioether (sulfide) groups is 1. The molecule has 1 aromatic rings. The van der Waals surface area contributed by atoms with Crippen LogP contribution in [0.1, 0.15) is 17.4 Å². The van der Waals surface area contributed by atoms with Crippen molar-refractivity contribution in [2.24, 2.45) is 0 Å². The first kappa shape index (κ1) is 16.3. The highest BCUT2D eigenvalue weighted by Gasteiger charge is 2.31. The van der Waals surface area contributed by atoms with E-state index < -0.39 is 0 Å². The minimum absolute atomic E-state index is 0. The van der Waals surface area contributed by atoms with Gasteiger partial charge in [0.05, 0.1) is 5.75 Å². The minimum atomic E-state index is 0. The Kier molecular flexibility index (Phi) is 6.69. The molecule has 2 rings (SSSR count). The molecule has 0 radical (unpaired) electrons. The molecule has 3 nitrogen and oxygen atoms in total. The summed E-state index contributed by atoms with van der Waals surface area (Å²) in [5.41, 5.74) is 1.23. The van der Waals surface area contributed by atoms with Crippen molar-refractivity contribution in [2.45, 2.75) is 11.8 Å². The molecule has 0 aliphatic carbocycles. The fourth-order valence-electron chi connectivity index (χ4n) is 2.15. The molecular weight excluding hydrogens is 280 g/mol. The van der Waals surface area contributed by atoms with Crippen LogP contribution in [-0.2, 0) is 4.79 Å². The third kappa shape index (κ3) is 4.41. The van der Waals surface area contributed by atoms with Gasteiger partial charge < -0.3 is 9.80 Å². The van der Waals surface area contributed by atoms with E-state index in [4.69, 9.17) is 0 Å². The van der Waals surface area contributed by atoms with E-state index in [1.807, 2.05) is 23.1 Å². The van der Waals surface area contributed by atoms with E-state index in [-0.39, 0.29) is 23.7 Å². The van der Waals surface area contributed by atoms with Crippen LogP contribution in [-0.4, -0.2) is 48.6 Å². The van der Waals surface area contributed by atoms with Crippen molar-refractivity contribution in [3.05, 3.63) is 35.9 Å². The first-order valence-electron chi connectivity index (χ1n) is 6.29. The maximum atomic E-state index is 11.9. The summed E-state index contributed by atoms with van der Waals surface area (Å²) in [5, 5.41) is 0.209. The number of nitrogens with zero attached hydrogens (tertiary/aromatic N) is 2. The molecule has 1 fully saturated rings. The number of hydrogen-bond donors (Lipinski definition) is 0. The lowest BCUT2D eigenvalue weighted by Gasteiger charge is -2.24. The molecule has 1 unspecified atom stereocenters. The molecule has 1 aromatic carbocycles. The first-order chi connectivity index (χ1) is 8.68. The van der Waals surface area contributed by atoms with E-state index in [9.17, 15) is 4.79 Å². The Morgan fingerprint density at radius 1 is 1.32 bits per heavy atom. The third-order valence-corrected chi connectivity index (χ3v) is 4.31. The van der Waals surface area contributed by atoms with Crippen molar-refractivity contribution >= 4 is 30.1 Å². The van der Waals surface area contributed by atoms with Crippen LogP contribution >= 0.6 is 24.2 Å². The highest BCUT2D eigenvalue weighted by Crippen LogP contribution is 2.38. The van der Waals surface area contributed by atoms with Crippen molar-refractivity contribution in [1.29, 1.82) is 0 Å². The Bertz CT molecular complexity index is 400. The molecule has 106 valence electrons. The quantitative estimate of drug-likeness (QED) is 0.835. The summed E-state index contributed by atoms with van der Waals surface area (Å²) in [4.78, 5) is 16.1. The van der Waals surface area contributed by atoms with Crippen LogP contribution in [0.25, 0.3) is 0 Å². The molecule has 0 bridgehead atoms. The predicted molar refractivity (Wildman–Crippen MR) is 83.8 cm³/mol. The monoisotopic (exact) mass is 300 g/mol. The molecule has 0 spiro atoms. The number of hydrogen-bond acceptors (Lipinski definition) is 3.